The first-order valence-corrected chi connectivity index (χ1v) is 9.05. The minimum atomic E-state index is -0.573. The molecule has 0 radical (unpaired) electrons. The fraction of sp³-hybridized carbons (Fsp3) is 0.158. The normalized spacial score (nSPS) is 11.0. The second-order valence-corrected chi connectivity index (χ2v) is 6.69. The summed E-state index contributed by atoms with van der Waals surface area (Å²) in [7, 11) is 0. The van der Waals surface area contributed by atoms with Crippen LogP contribution in [0.3, 0.4) is 0 Å². The van der Waals surface area contributed by atoms with Crippen molar-refractivity contribution in [3.63, 3.8) is 0 Å². The Bertz CT molecular complexity index is 1250. The molecule has 3 aromatic heterocycles. The van der Waals surface area contributed by atoms with Crippen LogP contribution in [0.2, 0.25) is 5.02 Å². The SMILES string of the molecule is Cc1cccc2nc(COC(=O)Cn3nnc(-c4ccc(Cl)cc4)n3)cc(=O)n12. The van der Waals surface area contributed by atoms with Crippen molar-refractivity contribution in [1.82, 2.24) is 29.6 Å². The summed E-state index contributed by atoms with van der Waals surface area (Å²) in [5, 5.41) is 12.5. The molecule has 9 nitrogen and oxygen atoms in total. The Morgan fingerprint density at radius 2 is 1.97 bits per heavy atom. The van der Waals surface area contributed by atoms with Crippen molar-refractivity contribution in [3.8, 4) is 11.4 Å². The van der Waals surface area contributed by atoms with Crippen LogP contribution in [-0.4, -0.2) is 35.6 Å². The van der Waals surface area contributed by atoms with Gasteiger partial charge >= 0.3 is 5.97 Å². The highest BCUT2D eigenvalue weighted by Gasteiger charge is 2.12. The highest BCUT2D eigenvalue weighted by Crippen LogP contribution is 2.16. The fourth-order valence-electron chi connectivity index (χ4n) is 2.78. The van der Waals surface area contributed by atoms with Gasteiger partial charge in [0.05, 0.1) is 5.69 Å². The Kier molecular flexibility index (Phi) is 5.05. The standard InChI is InChI=1S/C19H15ClN6O3/c1-12-3-2-4-16-21-15(9-17(27)26(12)16)11-29-18(28)10-25-23-19(22-24-25)13-5-7-14(20)8-6-13/h2-9H,10-11H2,1H3. The third kappa shape index (κ3) is 4.14. The molecule has 3 heterocycles. The van der Waals surface area contributed by atoms with Gasteiger partial charge in [0, 0.05) is 22.3 Å². The number of hydrogen-bond donors (Lipinski definition) is 0. The zero-order valence-electron chi connectivity index (χ0n) is 15.3. The van der Waals surface area contributed by atoms with Gasteiger partial charge in [-0.05, 0) is 48.5 Å². The molecule has 29 heavy (non-hydrogen) atoms. The van der Waals surface area contributed by atoms with Crippen molar-refractivity contribution in [2.45, 2.75) is 20.1 Å². The van der Waals surface area contributed by atoms with Crippen molar-refractivity contribution in [2.24, 2.45) is 0 Å². The van der Waals surface area contributed by atoms with Gasteiger partial charge in [0.15, 0.2) is 6.54 Å². The van der Waals surface area contributed by atoms with E-state index in [2.05, 4.69) is 20.4 Å². The van der Waals surface area contributed by atoms with Crippen molar-refractivity contribution in [1.29, 1.82) is 0 Å². The summed E-state index contributed by atoms with van der Waals surface area (Å²) in [5.74, 6) is -0.203. The minimum Gasteiger partial charge on any atom is -0.458 e. The van der Waals surface area contributed by atoms with E-state index < -0.39 is 5.97 Å². The first-order chi connectivity index (χ1) is 14.0. The van der Waals surface area contributed by atoms with E-state index in [1.165, 1.54) is 10.5 Å². The number of rotatable bonds is 5. The Hall–Kier alpha value is -3.59. The lowest BCUT2D eigenvalue weighted by Gasteiger charge is -2.07. The Morgan fingerprint density at radius 3 is 2.76 bits per heavy atom. The van der Waals surface area contributed by atoms with Crippen LogP contribution in [-0.2, 0) is 22.7 Å². The van der Waals surface area contributed by atoms with Crippen LogP contribution in [0, 0.1) is 6.92 Å². The maximum atomic E-state index is 12.3. The van der Waals surface area contributed by atoms with E-state index in [-0.39, 0.29) is 18.7 Å². The van der Waals surface area contributed by atoms with E-state index >= 15 is 0 Å². The average molecular weight is 411 g/mol. The predicted molar refractivity (Wildman–Crippen MR) is 104 cm³/mol. The van der Waals surface area contributed by atoms with Crippen LogP contribution in [0.5, 0.6) is 0 Å². The third-order valence-electron chi connectivity index (χ3n) is 4.14. The number of halogens is 1. The molecule has 146 valence electrons. The Balaban J connectivity index is 1.41. The summed E-state index contributed by atoms with van der Waals surface area (Å²) < 4.78 is 6.69. The van der Waals surface area contributed by atoms with E-state index in [0.29, 0.717) is 22.2 Å². The topological polar surface area (TPSA) is 104 Å². The first-order valence-electron chi connectivity index (χ1n) is 8.67. The number of tetrazole rings is 1. The van der Waals surface area contributed by atoms with Crippen molar-refractivity contribution >= 4 is 23.2 Å². The summed E-state index contributed by atoms with van der Waals surface area (Å²) >= 11 is 5.86. The number of hydrogen-bond acceptors (Lipinski definition) is 7. The number of fused-ring (bicyclic) bond motifs is 1. The van der Waals surface area contributed by atoms with Crippen molar-refractivity contribution in [3.05, 3.63) is 75.3 Å². The third-order valence-corrected chi connectivity index (χ3v) is 4.39. The number of nitrogens with zero attached hydrogens (tertiary/aromatic N) is 6. The maximum absolute atomic E-state index is 12.3. The summed E-state index contributed by atoms with van der Waals surface area (Å²) in [6.45, 7) is 1.47. The Labute approximate surface area is 169 Å². The van der Waals surface area contributed by atoms with Crippen LogP contribution < -0.4 is 5.56 Å². The fourth-order valence-corrected chi connectivity index (χ4v) is 2.90. The number of aromatic nitrogens is 6. The maximum Gasteiger partial charge on any atom is 0.330 e. The number of carbonyl (C=O) groups excluding carboxylic acids is 1. The number of esters is 1. The molecule has 0 spiro atoms. The zero-order chi connectivity index (χ0) is 20.4. The molecule has 0 unspecified atom stereocenters. The van der Waals surface area contributed by atoms with Gasteiger partial charge in [-0.1, -0.05) is 17.7 Å². The predicted octanol–water partition coefficient (Wildman–Crippen LogP) is 2.05. The van der Waals surface area contributed by atoms with Crippen molar-refractivity contribution < 1.29 is 9.53 Å². The quantitative estimate of drug-likeness (QED) is 0.464. The second-order valence-electron chi connectivity index (χ2n) is 6.26. The molecular formula is C19H15ClN6O3. The largest absolute Gasteiger partial charge is 0.458 e. The number of aryl methyl sites for hydroxylation is 1. The van der Waals surface area contributed by atoms with Gasteiger partial charge in [0.2, 0.25) is 5.82 Å². The molecule has 0 fully saturated rings. The lowest BCUT2D eigenvalue weighted by molar-refractivity contribution is -0.146. The molecule has 0 amide bonds. The van der Waals surface area contributed by atoms with E-state index in [9.17, 15) is 9.59 Å². The molecule has 4 rings (SSSR count). The average Bonchev–Trinajstić information content (AvgIpc) is 3.15. The zero-order valence-corrected chi connectivity index (χ0v) is 16.1. The molecule has 1 aromatic carbocycles. The van der Waals surface area contributed by atoms with E-state index in [1.54, 1.807) is 30.3 Å². The summed E-state index contributed by atoms with van der Waals surface area (Å²) in [5.41, 5.74) is 2.13. The molecule has 0 bridgehead atoms. The molecule has 0 aliphatic rings. The van der Waals surface area contributed by atoms with E-state index in [0.717, 1.165) is 16.1 Å². The van der Waals surface area contributed by atoms with Gasteiger partial charge in [-0.25, -0.2) is 9.78 Å². The van der Waals surface area contributed by atoms with Crippen LogP contribution in [0.15, 0.2) is 53.3 Å². The first kappa shape index (κ1) is 18.8. The second kappa shape index (κ2) is 7.80. The van der Waals surface area contributed by atoms with Gasteiger partial charge in [0.1, 0.15) is 12.3 Å². The molecular weight excluding hydrogens is 396 g/mol. The summed E-state index contributed by atoms with van der Waals surface area (Å²) in [6.07, 6.45) is 0. The molecule has 0 aliphatic carbocycles. The van der Waals surface area contributed by atoms with Crippen LogP contribution in [0.25, 0.3) is 17.0 Å². The lowest BCUT2D eigenvalue weighted by Crippen LogP contribution is -2.20. The minimum absolute atomic E-state index is 0.128. The molecule has 4 aromatic rings. The van der Waals surface area contributed by atoms with Crippen molar-refractivity contribution in [2.75, 3.05) is 0 Å². The number of carbonyl (C=O) groups is 1. The molecule has 10 heteroatoms. The number of pyridine rings is 1. The van der Waals surface area contributed by atoms with E-state index in [4.69, 9.17) is 16.3 Å². The van der Waals surface area contributed by atoms with Gasteiger partial charge in [-0.2, -0.15) is 4.80 Å². The van der Waals surface area contributed by atoms with Crippen LogP contribution >= 0.6 is 11.6 Å². The highest BCUT2D eigenvalue weighted by atomic mass is 35.5. The van der Waals surface area contributed by atoms with Crippen LogP contribution in [0.4, 0.5) is 0 Å². The monoisotopic (exact) mass is 410 g/mol. The van der Waals surface area contributed by atoms with E-state index in [1.807, 2.05) is 19.1 Å². The van der Waals surface area contributed by atoms with Gasteiger partial charge in [-0.3, -0.25) is 9.20 Å². The molecule has 0 saturated heterocycles. The molecule has 0 saturated carbocycles. The van der Waals surface area contributed by atoms with Crippen LogP contribution in [0.1, 0.15) is 11.4 Å². The number of ether oxygens (including phenoxy) is 1. The van der Waals surface area contributed by atoms with Gasteiger partial charge in [-0.15, -0.1) is 10.2 Å². The molecule has 0 atom stereocenters. The summed E-state index contributed by atoms with van der Waals surface area (Å²) in [6, 6.07) is 13.6. The Morgan fingerprint density at radius 1 is 1.17 bits per heavy atom. The summed E-state index contributed by atoms with van der Waals surface area (Å²) in [4.78, 5) is 29.8. The lowest BCUT2D eigenvalue weighted by atomic mass is 10.2. The molecule has 0 N–H and O–H groups in total. The molecule has 0 aliphatic heterocycles. The highest BCUT2D eigenvalue weighted by molar-refractivity contribution is 6.30. The number of benzene rings is 1. The van der Waals surface area contributed by atoms with Gasteiger partial charge in [0.25, 0.3) is 5.56 Å². The smallest absolute Gasteiger partial charge is 0.330 e. The van der Waals surface area contributed by atoms with Gasteiger partial charge < -0.3 is 4.74 Å².